The maximum absolute atomic E-state index is 4.59. The van der Waals surface area contributed by atoms with Crippen LogP contribution in [0.2, 0.25) is 0 Å². The van der Waals surface area contributed by atoms with Crippen molar-refractivity contribution in [3.8, 4) is 22.5 Å². The summed E-state index contributed by atoms with van der Waals surface area (Å²) >= 11 is 0. The maximum atomic E-state index is 4.59. The first-order valence-electron chi connectivity index (χ1n) is 8.49. The molecule has 0 saturated heterocycles. The molecular formula is C20H22N4. The van der Waals surface area contributed by atoms with Crippen molar-refractivity contribution in [3.63, 3.8) is 0 Å². The SMILES string of the molecule is CCC(C)(C)n1nnc2c1-c1ccccc1CNc1ccccc1-2. The summed E-state index contributed by atoms with van der Waals surface area (Å²) in [7, 11) is 0. The van der Waals surface area contributed by atoms with E-state index in [0.29, 0.717) is 0 Å². The van der Waals surface area contributed by atoms with Gasteiger partial charge in [-0.3, -0.25) is 0 Å². The van der Waals surface area contributed by atoms with E-state index >= 15 is 0 Å². The van der Waals surface area contributed by atoms with Gasteiger partial charge >= 0.3 is 0 Å². The highest BCUT2D eigenvalue weighted by atomic mass is 15.5. The predicted octanol–water partition coefficient (Wildman–Crippen LogP) is 4.68. The number of rotatable bonds is 2. The smallest absolute Gasteiger partial charge is 0.123 e. The molecule has 24 heavy (non-hydrogen) atoms. The summed E-state index contributed by atoms with van der Waals surface area (Å²) in [4.78, 5) is 0. The van der Waals surface area contributed by atoms with Crippen LogP contribution in [0.5, 0.6) is 0 Å². The molecule has 4 heteroatoms. The Morgan fingerprint density at radius 3 is 2.54 bits per heavy atom. The van der Waals surface area contributed by atoms with Crippen LogP contribution < -0.4 is 5.32 Å². The summed E-state index contributed by atoms with van der Waals surface area (Å²) in [5, 5.41) is 12.7. The minimum Gasteiger partial charge on any atom is -0.380 e. The highest BCUT2D eigenvalue weighted by Crippen LogP contribution is 2.40. The predicted molar refractivity (Wildman–Crippen MR) is 97.8 cm³/mol. The van der Waals surface area contributed by atoms with Crippen molar-refractivity contribution < 1.29 is 0 Å². The minimum absolute atomic E-state index is 0.0880. The highest BCUT2D eigenvalue weighted by Gasteiger charge is 2.29. The third kappa shape index (κ3) is 2.21. The first-order chi connectivity index (χ1) is 11.6. The quantitative estimate of drug-likeness (QED) is 0.746. The standard InChI is InChI=1S/C20H22N4/c1-4-20(2,3)24-19-15-10-6-5-9-14(15)13-21-17-12-8-7-11-16(17)18(19)22-23-24/h5-12,21H,4,13H2,1-3H3. The normalized spacial score (nSPS) is 13.1. The van der Waals surface area contributed by atoms with Gasteiger partial charge in [-0.2, -0.15) is 0 Å². The van der Waals surface area contributed by atoms with Crippen molar-refractivity contribution in [1.29, 1.82) is 0 Å². The molecule has 122 valence electrons. The van der Waals surface area contributed by atoms with E-state index in [2.05, 4.69) is 89.6 Å². The summed E-state index contributed by atoms with van der Waals surface area (Å²) in [6.45, 7) is 7.42. The second-order valence-electron chi connectivity index (χ2n) is 6.92. The summed E-state index contributed by atoms with van der Waals surface area (Å²) in [6.07, 6.45) is 0.991. The zero-order valence-corrected chi connectivity index (χ0v) is 14.4. The van der Waals surface area contributed by atoms with Gasteiger partial charge in [0.15, 0.2) is 0 Å². The molecule has 1 aromatic heterocycles. The van der Waals surface area contributed by atoms with E-state index in [0.717, 1.165) is 35.6 Å². The minimum atomic E-state index is -0.0880. The third-order valence-corrected chi connectivity index (χ3v) is 5.03. The molecule has 1 N–H and O–H groups in total. The molecule has 0 radical (unpaired) electrons. The molecule has 2 heterocycles. The van der Waals surface area contributed by atoms with Crippen LogP contribution in [0.15, 0.2) is 48.5 Å². The third-order valence-electron chi connectivity index (χ3n) is 5.03. The molecule has 2 aromatic carbocycles. The Labute approximate surface area is 142 Å². The molecule has 3 aromatic rings. The van der Waals surface area contributed by atoms with Crippen LogP contribution in [0.4, 0.5) is 5.69 Å². The lowest BCUT2D eigenvalue weighted by atomic mass is 9.94. The van der Waals surface area contributed by atoms with Crippen molar-refractivity contribution in [2.24, 2.45) is 0 Å². The van der Waals surface area contributed by atoms with E-state index in [1.807, 2.05) is 0 Å². The molecule has 0 unspecified atom stereocenters. The Balaban J connectivity index is 2.07. The number of hydrogen-bond donors (Lipinski definition) is 1. The number of nitrogens with one attached hydrogen (secondary N) is 1. The van der Waals surface area contributed by atoms with Crippen LogP contribution in [0.25, 0.3) is 22.5 Å². The molecule has 1 aliphatic rings. The van der Waals surface area contributed by atoms with Gasteiger partial charge in [0.1, 0.15) is 5.69 Å². The molecular weight excluding hydrogens is 296 g/mol. The Hall–Kier alpha value is -2.62. The molecule has 0 bridgehead atoms. The number of aromatic nitrogens is 3. The van der Waals surface area contributed by atoms with Gasteiger partial charge in [0.25, 0.3) is 0 Å². The van der Waals surface area contributed by atoms with Crippen molar-refractivity contribution >= 4 is 5.69 Å². The second-order valence-corrected chi connectivity index (χ2v) is 6.92. The van der Waals surface area contributed by atoms with Crippen LogP contribution in [0, 0.1) is 0 Å². The number of anilines is 1. The van der Waals surface area contributed by atoms with Crippen LogP contribution in [0.1, 0.15) is 32.8 Å². The Kier molecular flexibility index (Phi) is 3.41. The number of para-hydroxylation sites is 1. The highest BCUT2D eigenvalue weighted by molar-refractivity contribution is 5.87. The Bertz CT molecular complexity index is 892. The lowest BCUT2D eigenvalue weighted by Crippen LogP contribution is -2.27. The van der Waals surface area contributed by atoms with Crippen molar-refractivity contribution in [2.45, 2.75) is 39.3 Å². The van der Waals surface area contributed by atoms with Gasteiger partial charge in [0.2, 0.25) is 0 Å². The van der Waals surface area contributed by atoms with E-state index in [1.165, 1.54) is 11.1 Å². The molecule has 0 saturated carbocycles. The molecule has 0 fully saturated rings. The molecule has 4 rings (SSSR count). The van der Waals surface area contributed by atoms with Crippen molar-refractivity contribution in [3.05, 3.63) is 54.1 Å². The Morgan fingerprint density at radius 1 is 1.04 bits per heavy atom. The fourth-order valence-corrected chi connectivity index (χ4v) is 3.22. The number of hydrogen-bond acceptors (Lipinski definition) is 3. The van der Waals surface area contributed by atoms with Crippen LogP contribution in [-0.4, -0.2) is 15.0 Å². The molecule has 0 atom stereocenters. The molecule has 0 aliphatic carbocycles. The van der Waals surface area contributed by atoms with Crippen LogP contribution >= 0.6 is 0 Å². The maximum Gasteiger partial charge on any atom is 0.123 e. The summed E-state index contributed by atoms with van der Waals surface area (Å²) in [6, 6.07) is 16.9. The van der Waals surface area contributed by atoms with E-state index < -0.39 is 0 Å². The Morgan fingerprint density at radius 2 is 1.75 bits per heavy atom. The molecule has 0 amide bonds. The second kappa shape index (κ2) is 5.48. The van der Waals surface area contributed by atoms with Crippen LogP contribution in [0.3, 0.4) is 0 Å². The summed E-state index contributed by atoms with van der Waals surface area (Å²) in [5.41, 5.74) is 6.67. The fraction of sp³-hybridized carbons (Fsp3) is 0.300. The summed E-state index contributed by atoms with van der Waals surface area (Å²) in [5.74, 6) is 0. The zero-order valence-electron chi connectivity index (χ0n) is 14.4. The zero-order chi connectivity index (χ0) is 16.7. The van der Waals surface area contributed by atoms with Gasteiger partial charge in [-0.15, -0.1) is 5.10 Å². The molecule has 1 aliphatic heterocycles. The number of nitrogens with zero attached hydrogens (tertiary/aromatic N) is 3. The monoisotopic (exact) mass is 318 g/mol. The van der Waals surface area contributed by atoms with Gasteiger partial charge in [0, 0.05) is 23.4 Å². The lowest BCUT2D eigenvalue weighted by Gasteiger charge is -2.27. The first kappa shape index (κ1) is 14.9. The number of fused-ring (bicyclic) bond motifs is 5. The van der Waals surface area contributed by atoms with Gasteiger partial charge < -0.3 is 5.32 Å². The van der Waals surface area contributed by atoms with Crippen molar-refractivity contribution in [1.82, 2.24) is 15.0 Å². The fourth-order valence-electron chi connectivity index (χ4n) is 3.22. The van der Waals surface area contributed by atoms with Crippen molar-refractivity contribution in [2.75, 3.05) is 5.32 Å². The lowest BCUT2D eigenvalue weighted by molar-refractivity contribution is 0.304. The van der Waals surface area contributed by atoms with Gasteiger partial charge in [-0.05, 0) is 31.9 Å². The first-order valence-corrected chi connectivity index (χ1v) is 8.49. The summed E-state index contributed by atoms with van der Waals surface area (Å²) < 4.78 is 2.10. The largest absolute Gasteiger partial charge is 0.380 e. The molecule has 4 nitrogen and oxygen atoms in total. The number of benzene rings is 2. The topological polar surface area (TPSA) is 42.7 Å². The van der Waals surface area contributed by atoms with Crippen LogP contribution in [-0.2, 0) is 12.1 Å². The van der Waals surface area contributed by atoms with Gasteiger partial charge in [0.05, 0.1) is 11.2 Å². The average Bonchev–Trinajstić information content (AvgIpc) is 3.04. The van der Waals surface area contributed by atoms with Gasteiger partial charge in [-0.1, -0.05) is 54.6 Å². The van der Waals surface area contributed by atoms with Gasteiger partial charge in [-0.25, -0.2) is 4.68 Å². The van der Waals surface area contributed by atoms with E-state index in [1.54, 1.807) is 0 Å². The van der Waals surface area contributed by atoms with E-state index in [-0.39, 0.29) is 5.54 Å². The van der Waals surface area contributed by atoms with E-state index in [4.69, 9.17) is 0 Å². The van der Waals surface area contributed by atoms with E-state index in [9.17, 15) is 0 Å². The molecule has 0 spiro atoms. The average molecular weight is 318 g/mol.